The van der Waals surface area contributed by atoms with Gasteiger partial charge in [-0.3, -0.25) is 4.79 Å². The van der Waals surface area contributed by atoms with Gasteiger partial charge in [-0.15, -0.1) is 0 Å². The average molecular weight is 426 g/mol. The van der Waals surface area contributed by atoms with Crippen LogP contribution in [0.2, 0.25) is 0 Å². The number of benzene rings is 1. The summed E-state index contributed by atoms with van der Waals surface area (Å²) in [7, 11) is 2.12. The molecule has 0 radical (unpaired) electrons. The Morgan fingerprint density at radius 3 is 2.69 bits per heavy atom. The van der Waals surface area contributed by atoms with E-state index < -0.39 is 6.10 Å². The number of nitrogens with zero attached hydrogens (tertiary/aromatic N) is 1. The average Bonchev–Trinajstić information content (AvgIpc) is 3.31. The minimum Gasteiger partial charge on any atom is -0.386 e. The van der Waals surface area contributed by atoms with E-state index in [-0.39, 0.29) is 17.8 Å². The maximum atomic E-state index is 11.9. The third-order valence-electron chi connectivity index (χ3n) is 5.03. The molecule has 2 rings (SSSR count). The fourth-order valence-corrected chi connectivity index (χ4v) is 3.33. The van der Waals surface area contributed by atoms with Gasteiger partial charge in [0.2, 0.25) is 0 Å². The van der Waals surface area contributed by atoms with Crippen LogP contribution >= 0.6 is 15.9 Å². The van der Waals surface area contributed by atoms with Gasteiger partial charge in [-0.05, 0) is 82.8 Å². The SMILES string of the molecule is C[C@H](O)C(=O)Cc1cc(Br)ccc1CN(C)CCCCCOC1(C)CC1. The lowest BCUT2D eigenvalue weighted by molar-refractivity contribution is -0.125. The smallest absolute Gasteiger partial charge is 0.165 e. The fraction of sp³-hybridized carbons (Fsp3) is 0.667. The van der Waals surface area contributed by atoms with Crippen LogP contribution in [0.4, 0.5) is 0 Å². The van der Waals surface area contributed by atoms with Crippen LogP contribution in [0.15, 0.2) is 22.7 Å². The molecule has 1 saturated carbocycles. The summed E-state index contributed by atoms with van der Waals surface area (Å²) in [6, 6.07) is 6.06. The number of hydrogen-bond acceptors (Lipinski definition) is 4. The highest BCUT2D eigenvalue weighted by Crippen LogP contribution is 2.38. The monoisotopic (exact) mass is 425 g/mol. The van der Waals surface area contributed by atoms with E-state index >= 15 is 0 Å². The summed E-state index contributed by atoms with van der Waals surface area (Å²) in [6.07, 6.45) is 5.22. The number of carbonyl (C=O) groups is 1. The third kappa shape index (κ3) is 7.47. The lowest BCUT2D eigenvalue weighted by atomic mass is 10.00. The first-order chi connectivity index (χ1) is 12.3. The number of hydrogen-bond donors (Lipinski definition) is 1. The number of unbranched alkanes of at least 4 members (excludes halogenated alkanes) is 2. The van der Waals surface area contributed by atoms with Crippen molar-refractivity contribution in [3.05, 3.63) is 33.8 Å². The van der Waals surface area contributed by atoms with Crippen molar-refractivity contribution >= 4 is 21.7 Å². The lowest BCUT2D eigenvalue weighted by Crippen LogP contribution is -2.22. The van der Waals surface area contributed by atoms with Crippen molar-refractivity contribution in [1.29, 1.82) is 0 Å². The number of ether oxygens (including phenoxy) is 1. The van der Waals surface area contributed by atoms with Crippen LogP contribution in [-0.2, 0) is 22.5 Å². The van der Waals surface area contributed by atoms with E-state index in [0.29, 0.717) is 0 Å². The number of carbonyl (C=O) groups excluding carboxylic acids is 1. The molecule has 0 spiro atoms. The molecule has 0 amide bonds. The van der Waals surface area contributed by atoms with Crippen LogP contribution in [0.3, 0.4) is 0 Å². The Balaban J connectivity index is 1.74. The molecule has 0 saturated heterocycles. The lowest BCUT2D eigenvalue weighted by Gasteiger charge is -2.19. The molecule has 1 aromatic rings. The van der Waals surface area contributed by atoms with Gasteiger partial charge in [-0.1, -0.05) is 22.0 Å². The number of aliphatic hydroxyl groups is 1. The first kappa shape index (κ1) is 21.5. The van der Waals surface area contributed by atoms with Crippen LogP contribution in [-0.4, -0.2) is 47.7 Å². The van der Waals surface area contributed by atoms with Gasteiger partial charge in [0.1, 0.15) is 6.10 Å². The molecule has 1 fully saturated rings. The number of Topliss-reactive ketones (excluding diaryl/α,β-unsaturated/α-hetero) is 1. The van der Waals surface area contributed by atoms with Gasteiger partial charge in [0, 0.05) is 24.0 Å². The molecule has 0 unspecified atom stereocenters. The summed E-state index contributed by atoms with van der Waals surface area (Å²) >= 11 is 3.47. The predicted molar refractivity (Wildman–Crippen MR) is 108 cm³/mol. The molecular formula is C21H32BrNO3. The molecule has 0 aliphatic heterocycles. The van der Waals surface area contributed by atoms with Crippen molar-refractivity contribution in [2.45, 2.75) is 70.6 Å². The van der Waals surface area contributed by atoms with Gasteiger partial charge < -0.3 is 14.7 Å². The Morgan fingerprint density at radius 2 is 2.04 bits per heavy atom. The molecule has 4 nitrogen and oxygen atoms in total. The van der Waals surface area contributed by atoms with E-state index in [2.05, 4.69) is 40.9 Å². The van der Waals surface area contributed by atoms with Crippen molar-refractivity contribution in [2.24, 2.45) is 0 Å². The second-order valence-corrected chi connectivity index (χ2v) is 8.74. The number of halogens is 1. The van der Waals surface area contributed by atoms with Gasteiger partial charge in [0.25, 0.3) is 0 Å². The van der Waals surface area contributed by atoms with E-state index in [4.69, 9.17) is 4.74 Å². The van der Waals surface area contributed by atoms with Crippen LogP contribution in [0.5, 0.6) is 0 Å². The molecule has 0 aromatic heterocycles. The summed E-state index contributed by atoms with van der Waals surface area (Å²) in [4.78, 5) is 14.2. The fourth-order valence-electron chi connectivity index (χ4n) is 2.92. The van der Waals surface area contributed by atoms with Crippen LogP contribution in [0.25, 0.3) is 0 Å². The minimum absolute atomic E-state index is 0.142. The second-order valence-electron chi connectivity index (χ2n) is 7.83. The molecular weight excluding hydrogens is 394 g/mol. The quantitative estimate of drug-likeness (QED) is 0.511. The van der Waals surface area contributed by atoms with E-state index in [1.807, 2.05) is 12.1 Å². The van der Waals surface area contributed by atoms with Crippen molar-refractivity contribution in [1.82, 2.24) is 4.90 Å². The molecule has 5 heteroatoms. The highest BCUT2D eigenvalue weighted by Gasteiger charge is 2.38. The van der Waals surface area contributed by atoms with Crippen molar-refractivity contribution in [3.63, 3.8) is 0 Å². The molecule has 146 valence electrons. The number of rotatable bonds is 12. The van der Waals surface area contributed by atoms with E-state index in [0.717, 1.165) is 48.1 Å². The van der Waals surface area contributed by atoms with Crippen molar-refractivity contribution in [3.8, 4) is 0 Å². The standard InChI is InChI=1S/C21H32BrNO3/c1-16(24)20(25)14-18-13-19(22)8-7-17(18)15-23(3)11-5-4-6-12-26-21(2)9-10-21/h7-8,13,16,24H,4-6,9-12,14-15H2,1-3H3/t16-/m0/s1. The molecule has 0 heterocycles. The second kappa shape index (κ2) is 9.98. The van der Waals surface area contributed by atoms with Crippen LogP contribution in [0.1, 0.15) is 57.1 Å². The first-order valence-electron chi connectivity index (χ1n) is 9.60. The van der Waals surface area contributed by atoms with Crippen LogP contribution < -0.4 is 0 Å². The summed E-state index contributed by atoms with van der Waals surface area (Å²) in [5, 5.41) is 9.48. The maximum absolute atomic E-state index is 11.9. The summed E-state index contributed by atoms with van der Waals surface area (Å²) in [6.45, 7) is 6.43. The topological polar surface area (TPSA) is 49.8 Å². The molecule has 1 aliphatic rings. The zero-order valence-corrected chi connectivity index (χ0v) is 17.8. The normalized spacial score (nSPS) is 16.7. The van der Waals surface area contributed by atoms with Gasteiger partial charge in [-0.2, -0.15) is 0 Å². The number of aliphatic hydroxyl groups excluding tert-OH is 1. The Morgan fingerprint density at radius 1 is 1.31 bits per heavy atom. The Hall–Kier alpha value is -0.750. The molecule has 1 atom stereocenters. The van der Waals surface area contributed by atoms with E-state index in [1.54, 1.807) is 0 Å². The molecule has 1 aliphatic carbocycles. The third-order valence-corrected chi connectivity index (χ3v) is 5.52. The van der Waals surface area contributed by atoms with Crippen molar-refractivity contribution < 1.29 is 14.6 Å². The van der Waals surface area contributed by atoms with Gasteiger partial charge >= 0.3 is 0 Å². The predicted octanol–water partition coefficient (Wildman–Crippen LogP) is 4.11. The zero-order valence-electron chi connectivity index (χ0n) is 16.3. The molecule has 1 N–H and O–H groups in total. The summed E-state index contributed by atoms with van der Waals surface area (Å²) in [5.41, 5.74) is 2.33. The molecule has 26 heavy (non-hydrogen) atoms. The van der Waals surface area contributed by atoms with Gasteiger partial charge in [0.15, 0.2) is 5.78 Å². The number of ketones is 1. The highest BCUT2D eigenvalue weighted by atomic mass is 79.9. The van der Waals surface area contributed by atoms with E-state index in [1.165, 1.54) is 26.2 Å². The Labute approximate surface area is 166 Å². The highest BCUT2D eigenvalue weighted by molar-refractivity contribution is 9.10. The summed E-state index contributed by atoms with van der Waals surface area (Å²) in [5.74, 6) is -0.142. The largest absolute Gasteiger partial charge is 0.386 e. The van der Waals surface area contributed by atoms with Gasteiger partial charge in [-0.25, -0.2) is 0 Å². The molecule has 1 aromatic carbocycles. The Bertz CT molecular complexity index is 599. The summed E-state index contributed by atoms with van der Waals surface area (Å²) < 4.78 is 6.82. The van der Waals surface area contributed by atoms with Gasteiger partial charge in [0.05, 0.1) is 5.60 Å². The minimum atomic E-state index is -0.917. The Kier molecular flexibility index (Phi) is 8.27. The zero-order chi connectivity index (χ0) is 19.2. The molecule has 0 bridgehead atoms. The maximum Gasteiger partial charge on any atom is 0.165 e. The van der Waals surface area contributed by atoms with E-state index in [9.17, 15) is 9.90 Å². The van der Waals surface area contributed by atoms with Crippen LogP contribution in [0, 0.1) is 0 Å². The first-order valence-corrected chi connectivity index (χ1v) is 10.4. The van der Waals surface area contributed by atoms with Crippen molar-refractivity contribution in [2.75, 3.05) is 20.2 Å².